The van der Waals surface area contributed by atoms with E-state index in [0.29, 0.717) is 20.7 Å². The molecule has 0 radical (unpaired) electrons. The Bertz CT molecular complexity index is 744. The quantitative estimate of drug-likeness (QED) is 0.440. The number of hydrogen-bond acceptors (Lipinski definition) is 6. The minimum Gasteiger partial charge on any atom is -0.235 e. The highest BCUT2D eigenvalue weighted by Crippen LogP contribution is 2.44. The third-order valence-electron chi connectivity index (χ3n) is 2.55. The number of benzene rings is 1. The normalized spacial score (nSPS) is 16.7. The van der Waals surface area contributed by atoms with E-state index in [0.717, 1.165) is 11.3 Å². The summed E-state index contributed by atoms with van der Waals surface area (Å²) in [5, 5.41) is 12.3. The van der Waals surface area contributed by atoms with Gasteiger partial charge in [0.1, 0.15) is 16.6 Å². The van der Waals surface area contributed by atoms with Crippen LogP contribution in [0.25, 0.3) is 16.8 Å². The molecule has 1 aliphatic heterocycles. The molecule has 3 nitrogen and oxygen atoms in total. The van der Waals surface area contributed by atoms with Gasteiger partial charge in [0.05, 0.1) is 21.6 Å². The number of thiazole rings is 1. The van der Waals surface area contributed by atoms with E-state index in [9.17, 15) is 5.26 Å². The summed E-state index contributed by atoms with van der Waals surface area (Å²) in [6.45, 7) is 0. The van der Waals surface area contributed by atoms with Crippen molar-refractivity contribution in [3.05, 3.63) is 45.6 Å². The Labute approximate surface area is 132 Å². The second-order valence-electron chi connectivity index (χ2n) is 3.76. The van der Waals surface area contributed by atoms with Gasteiger partial charge in [0.15, 0.2) is 5.17 Å². The fourth-order valence-corrected chi connectivity index (χ4v) is 4.81. The first kappa shape index (κ1) is 13.7. The van der Waals surface area contributed by atoms with Crippen LogP contribution in [-0.4, -0.2) is 10.2 Å². The first-order valence-corrected chi connectivity index (χ1v) is 8.89. The maximum absolute atomic E-state index is 9.36. The van der Waals surface area contributed by atoms with Crippen LogP contribution in [0.15, 0.2) is 45.0 Å². The largest absolute Gasteiger partial charge is 0.235 e. The van der Waals surface area contributed by atoms with Crippen molar-refractivity contribution < 1.29 is 0 Å². The van der Waals surface area contributed by atoms with E-state index in [1.807, 2.05) is 35.7 Å². The summed E-state index contributed by atoms with van der Waals surface area (Å²) in [6.07, 6.45) is 0. The molecule has 3 rings (SSSR count). The van der Waals surface area contributed by atoms with E-state index in [1.165, 1.54) is 33.1 Å². The van der Waals surface area contributed by atoms with E-state index in [1.54, 1.807) is 0 Å². The average Bonchev–Trinajstić information content (AvgIpc) is 3.12. The SMILES string of the molecule is N#CC(=C1SSN=C1Cl)c1nc(-c2ccccc2)cs1. The monoisotopic (exact) mass is 335 g/mol. The second-order valence-corrected chi connectivity index (χ2v) is 6.83. The van der Waals surface area contributed by atoms with Gasteiger partial charge in [-0.1, -0.05) is 41.9 Å². The third-order valence-corrected chi connectivity index (χ3v) is 5.74. The molecule has 0 amide bonds. The Hall–Kier alpha value is -1.26. The third kappa shape index (κ3) is 2.63. The fourth-order valence-electron chi connectivity index (χ4n) is 1.64. The van der Waals surface area contributed by atoms with Gasteiger partial charge in [-0.05, 0) is 10.8 Å². The maximum Gasteiger partial charge on any atom is 0.154 e. The molecule has 0 aliphatic carbocycles. The Morgan fingerprint density at radius 3 is 2.70 bits per heavy atom. The van der Waals surface area contributed by atoms with Crippen LogP contribution in [0.4, 0.5) is 0 Å². The van der Waals surface area contributed by atoms with Crippen molar-refractivity contribution in [2.45, 2.75) is 0 Å². The van der Waals surface area contributed by atoms with E-state index in [-0.39, 0.29) is 0 Å². The molecule has 1 aromatic heterocycles. The number of halogens is 1. The second kappa shape index (κ2) is 6.02. The van der Waals surface area contributed by atoms with Gasteiger partial charge in [-0.3, -0.25) is 0 Å². The van der Waals surface area contributed by atoms with Crippen molar-refractivity contribution in [2.75, 3.05) is 0 Å². The smallest absolute Gasteiger partial charge is 0.154 e. The van der Waals surface area contributed by atoms with Gasteiger partial charge in [-0.25, -0.2) is 4.98 Å². The molecule has 2 aromatic rings. The number of hydrogen-bond donors (Lipinski definition) is 0. The molecule has 0 saturated carbocycles. The van der Waals surface area contributed by atoms with Crippen molar-refractivity contribution in [3.8, 4) is 17.3 Å². The number of rotatable bonds is 2. The Morgan fingerprint density at radius 2 is 2.05 bits per heavy atom. The minimum atomic E-state index is 0.369. The molecule has 0 fully saturated rings. The van der Waals surface area contributed by atoms with Crippen LogP contribution in [0.3, 0.4) is 0 Å². The van der Waals surface area contributed by atoms with E-state index in [2.05, 4.69) is 15.5 Å². The van der Waals surface area contributed by atoms with Crippen molar-refractivity contribution in [3.63, 3.8) is 0 Å². The van der Waals surface area contributed by atoms with Crippen LogP contribution >= 0.6 is 44.7 Å². The number of allylic oxidation sites excluding steroid dienone is 2. The predicted octanol–water partition coefficient (Wildman–Crippen LogP) is 4.99. The molecule has 2 heterocycles. The Kier molecular flexibility index (Phi) is 4.13. The van der Waals surface area contributed by atoms with Crippen LogP contribution in [0.2, 0.25) is 0 Å². The average molecular weight is 336 g/mol. The summed E-state index contributed by atoms with van der Waals surface area (Å²) < 4.78 is 4.01. The van der Waals surface area contributed by atoms with Crippen LogP contribution < -0.4 is 0 Å². The highest BCUT2D eigenvalue weighted by molar-refractivity contribution is 8.78. The lowest BCUT2D eigenvalue weighted by molar-refractivity contribution is 1.37. The molecule has 0 bridgehead atoms. The molecule has 98 valence electrons. The molecule has 0 N–H and O–H groups in total. The molecule has 1 aliphatic rings. The summed E-state index contributed by atoms with van der Waals surface area (Å²) in [5.41, 5.74) is 2.38. The van der Waals surface area contributed by atoms with E-state index < -0.39 is 0 Å². The molecule has 7 heteroatoms. The zero-order valence-electron chi connectivity index (χ0n) is 9.91. The van der Waals surface area contributed by atoms with E-state index in [4.69, 9.17) is 11.6 Å². The summed E-state index contributed by atoms with van der Waals surface area (Å²) in [5.74, 6) is 0. The van der Waals surface area contributed by atoms with Gasteiger partial charge in [-0.2, -0.15) is 9.66 Å². The molecule has 0 atom stereocenters. The van der Waals surface area contributed by atoms with Crippen LogP contribution in [-0.2, 0) is 0 Å². The number of nitriles is 1. The number of nitrogens with zero attached hydrogens (tertiary/aromatic N) is 3. The Morgan fingerprint density at radius 1 is 1.25 bits per heavy atom. The molecule has 0 spiro atoms. The van der Waals surface area contributed by atoms with Gasteiger partial charge >= 0.3 is 0 Å². The molecule has 20 heavy (non-hydrogen) atoms. The first-order chi connectivity index (χ1) is 9.79. The van der Waals surface area contributed by atoms with Gasteiger partial charge < -0.3 is 0 Å². The lowest BCUT2D eigenvalue weighted by Crippen LogP contribution is -1.91. The van der Waals surface area contributed by atoms with Crippen LogP contribution in [0.5, 0.6) is 0 Å². The summed E-state index contributed by atoms with van der Waals surface area (Å²) in [4.78, 5) is 5.22. The minimum absolute atomic E-state index is 0.369. The van der Waals surface area contributed by atoms with Gasteiger partial charge in [0.2, 0.25) is 0 Å². The first-order valence-electron chi connectivity index (χ1n) is 5.53. The highest BCUT2D eigenvalue weighted by Gasteiger charge is 2.22. The lowest BCUT2D eigenvalue weighted by atomic mass is 10.2. The van der Waals surface area contributed by atoms with Gasteiger partial charge in [0.25, 0.3) is 0 Å². The zero-order chi connectivity index (χ0) is 13.9. The van der Waals surface area contributed by atoms with Gasteiger partial charge in [0, 0.05) is 10.9 Å². The van der Waals surface area contributed by atoms with Crippen LogP contribution in [0.1, 0.15) is 5.01 Å². The van der Waals surface area contributed by atoms with Gasteiger partial charge in [-0.15, -0.1) is 11.3 Å². The number of aromatic nitrogens is 1. The lowest BCUT2D eigenvalue weighted by Gasteiger charge is -1.98. The standard InChI is InChI=1S/C13H6ClN3S3/c14-12-11(19-20-17-12)9(6-15)13-16-10(7-18-13)8-4-2-1-3-5-8/h1-5,7H. The van der Waals surface area contributed by atoms with Crippen molar-refractivity contribution in [2.24, 2.45) is 4.40 Å². The van der Waals surface area contributed by atoms with E-state index >= 15 is 0 Å². The van der Waals surface area contributed by atoms with Crippen molar-refractivity contribution >= 4 is 55.5 Å². The summed E-state index contributed by atoms with van der Waals surface area (Å²) in [6, 6.07) is 12.1. The summed E-state index contributed by atoms with van der Waals surface area (Å²) >= 11 is 7.44. The topological polar surface area (TPSA) is 49.0 Å². The molecule has 0 saturated heterocycles. The van der Waals surface area contributed by atoms with Crippen molar-refractivity contribution in [1.29, 1.82) is 5.26 Å². The summed E-state index contributed by atoms with van der Waals surface area (Å²) in [7, 11) is 2.66. The van der Waals surface area contributed by atoms with Crippen LogP contribution in [0, 0.1) is 11.3 Å². The maximum atomic E-state index is 9.36. The molecule has 0 unspecified atom stereocenters. The Balaban J connectivity index is 2.02. The van der Waals surface area contributed by atoms with Crippen molar-refractivity contribution in [1.82, 2.24) is 4.98 Å². The zero-order valence-corrected chi connectivity index (χ0v) is 13.1. The highest BCUT2D eigenvalue weighted by atomic mass is 35.5. The molecular formula is C13H6ClN3S3. The predicted molar refractivity (Wildman–Crippen MR) is 88.6 cm³/mol. The molecule has 1 aromatic carbocycles. The molecular weight excluding hydrogens is 330 g/mol. The fraction of sp³-hybridized carbons (Fsp3) is 0.